The van der Waals surface area contributed by atoms with Gasteiger partial charge in [-0.2, -0.15) is 0 Å². The molecular weight excluding hydrogens is 402 g/mol. The van der Waals surface area contributed by atoms with Gasteiger partial charge in [0.05, 0.1) is 11.4 Å². The summed E-state index contributed by atoms with van der Waals surface area (Å²) in [6.07, 6.45) is 0. The Hall–Kier alpha value is -3.26. The summed E-state index contributed by atoms with van der Waals surface area (Å²) in [5.74, 6) is -0.822. The maximum Gasteiger partial charge on any atom is 0.355 e. The SMILES string of the molecule is CC(=O)c1c(C)[nH]c(C(=O)OCc2csc(N(C(C)=O)c3cccc(C)c3)n2)c1C. The average Bonchev–Trinajstić information content (AvgIpc) is 3.23. The van der Waals surface area contributed by atoms with Gasteiger partial charge in [-0.05, 0) is 51.0 Å². The summed E-state index contributed by atoms with van der Waals surface area (Å²) < 4.78 is 5.38. The number of ether oxygens (including phenoxy) is 1. The van der Waals surface area contributed by atoms with Crippen molar-refractivity contribution in [3.8, 4) is 0 Å². The van der Waals surface area contributed by atoms with Crippen LogP contribution in [0.5, 0.6) is 0 Å². The zero-order valence-electron chi connectivity index (χ0n) is 17.5. The van der Waals surface area contributed by atoms with Crippen molar-refractivity contribution in [3.63, 3.8) is 0 Å². The number of aryl methyl sites for hydroxylation is 2. The Bertz CT molecular complexity index is 1130. The molecule has 7 nitrogen and oxygen atoms in total. The van der Waals surface area contributed by atoms with Gasteiger partial charge in [0.25, 0.3) is 0 Å². The quantitative estimate of drug-likeness (QED) is 0.459. The molecule has 0 aliphatic heterocycles. The Morgan fingerprint density at radius 2 is 1.90 bits per heavy atom. The van der Waals surface area contributed by atoms with Gasteiger partial charge in [-0.3, -0.25) is 14.5 Å². The third-order valence-corrected chi connectivity index (χ3v) is 5.53. The third kappa shape index (κ3) is 4.33. The molecule has 0 fully saturated rings. The van der Waals surface area contributed by atoms with Gasteiger partial charge < -0.3 is 9.72 Å². The number of hydrogen-bond donors (Lipinski definition) is 1. The molecule has 8 heteroatoms. The van der Waals surface area contributed by atoms with E-state index in [1.54, 1.807) is 19.2 Å². The number of nitrogens with zero attached hydrogens (tertiary/aromatic N) is 2. The topological polar surface area (TPSA) is 92.4 Å². The first kappa shape index (κ1) is 21.4. The van der Waals surface area contributed by atoms with E-state index in [0.29, 0.717) is 27.6 Å². The predicted octanol–water partition coefficient (Wildman–Crippen LogP) is 4.64. The summed E-state index contributed by atoms with van der Waals surface area (Å²) >= 11 is 1.30. The second-order valence-corrected chi connectivity index (χ2v) is 7.91. The van der Waals surface area contributed by atoms with Gasteiger partial charge in [0.15, 0.2) is 10.9 Å². The highest BCUT2D eigenvalue weighted by molar-refractivity contribution is 7.14. The van der Waals surface area contributed by atoms with Crippen molar-refractivity contribution in [2.24, 2.45) is 0 Å². The zero-order chi connectivity index (χ0) is 22.0. The molecule has 0 bridgehead atoms. The number of esters is 1. The number of amides is 1. The molecular formula is C22H23N3O4S. The van der Waals surface area contributed by atoms with E-state index < -0.39 is 5.97 Å². The number of carbonyl (C=O) groups is 3. The average molecular weight is 426 g/mol. The number of Topliss-reactive ketones (excluding diaryl/α,β-unsaturated/α-hetero) is 1. The van der Waals surface area contributed by atoms with Crippen LogP contribution in [0.2, 0.25) is 0 Å². The first-order chi connectivity index (χ1) is 14.2. The van der Waals surface area contributed by atoms with Crippen LogP contribution in [-0.2, 0) is 16.1 Å². The van der Waals surface area contributed by atoms with E-state index in [9.17, 15) is 14.4 Å². The number of nitrogens with one attached hydrogen (secondary N) is 1. The molecule has 1 N–H and O–H groups in total. The molecule has 2 aromatic heterocycles. The number of carbonyl (C=O) groups excluding carboxylic acids is 3. The van der Waals surface area contributed by atoms with Crippen molar-refractivity contribution in [1.29, 1.82) is 0 Å². The molecule has 0 aliphatic rings. The van der Waals surface area contributed by atoms with E-state index in [-0.39, 0.29) is 24.0 Å². The predicted molar refractivity (Wildman–Crippen MR) is 116 cm³/mol. The molecule has 1 amide bonds. The molecule has 0 aliphatic carbocycles. The van der Waals surface area contributed by atoms with Crippen molar-refractivity contribution in [2.75, 3.05) is 4.90 Å². The number of hydrogen-bond acceptors (Lipinski definition) is 6. The first-order valence-electron chi connectivity index (χ1n) is 9.38. The number of rotatable bonds is 6. The van der Waals surface area contributed by atoms with Crippen LogP contribution in [0.1, 0.15) is 57.2 Å². The molecule has 0 unspecified atom stereocenters. The second-order valence-electron chi connectivity index (χ2n) is 7.07. The molecule has 3 rings (SSSR count). The lowest BCUT2D eigenvalue weighted by molar-refractivity contribution is -0.115. The summed E-state index contributed by atoms with van der Waals surface area (Å²) in [4.78, 5) is 45.4. The summed E-state index contributed by atoms with van der Waals surface area (Å²) in [7, 11) is 0. The second kappa shape index (κ2) is 8.62. The Morgan fingerprint density at radius 3 is 2.50 bits per heavy atom. The fourth-order valence-corrected chi connectivity index (χ4v) is 4.22. The van der Waals surface area contributed by atoms with Gasteiger partial charge in [-0.25, -0.2) is 9.78 Å². The molecule has 0 spiro atoms. The van der Waals surface area contributed by atoms with Crippen molar-refractivity contribution >= 4 is 39.8 Å². The lowest BCUT2D eigenvalue weighted by atomic mass is 10.1. The van der Waals surface area contributed by atoms with E-state index in [4.69, 9.17) is 4.74 Å². The fourth-order valence-electron chi connectivity index (χ4n) is 3.35. The van der Waals surface area contributed by atoms with Crippen LogP contribution in [0.4, 0.5) is 10.8 Å². The first-order valence-corrected chi connectivity index (χ1v) is 10.3. The minimum Gasteiger partial charge on any atom is -0.454 e. The normalized spacial score (nSPS) is 10.7. The van der Waals surface area contributed by atoms with Crippen LogP contribution in [-0.4, -0.2) is 27.6 Å². The number of ketones is 1. The van der Waals surface area contributed by atoms with E-state index >= 15 is 0 Å². The summed E-state index contributed by atoms with van der Waals surface area (Å²) in [5.41, 5.74) is 4.28. The highest BCUT2D eigenvalue weighted by atomic mass is 32.1. The molecule has 2 heterocycles. The zero-order valence-corrected chi connectivity index (χ0v) is 18.3. The number of H-pyrrole nitrogens is 1. The monoisotopic (exact) mass is 425 g/mol. The number of aromatic amines is 1. The Morgan fingerprint density at radius 1 is 1.17 bits per heavy atom. The summed E-state index contributed by atoms with van der Waals surface area (Å²) in [5, 5.41) is 2.26. The molecule has 156 valence electrons. The molecule has 0 atom stereocenters. The molecule has 0 radical (unpaired) electrons. The molecule has 30 heavy (non-hydrogen) atoms. The van der Waals surface area contributed by atoms with Gasteiger partial charge in [0, 0.05) is 23.6 Å². The van der Waals surface area contributed by atoms with Gasteiger partial charge >= 0.3 is 5.97 Å². The highest BCUT2D eigenvalue weighted by Gasteiger charge is 2.22. The highest BCUT2D eigenvalue weighted by Crippen LogP contribution is 2.29. The number of benzene rings is 1. The number of anilines is 2. The summed E-state index contributed by atoms with van der Waals surface area (Å²) in [6.45, 7) is 8.31. The Balaban J connectivity index is 1.75. The van der Waals surface area contributed by atoms with Crippen LogP contribution in [0.3, 0.4) is 0 Å². The lowest BCUT2D eigenvalue weighted by Gasteiger charge is -2.18. The molecule has 0 saturated carbocycles. The minimum atomic E-state index is -0.556. The minimum absolute atomic E-state index is 0.0399. The van der Waals surface area contributed by atoms with Crippen molar-refractivity contribution in [2.45, 2.75) is 41.2 Å². The van der Waals surface area contributed by atoms with Gasteiger partial charge in [0.1, 0.15) is 12.3 Å². The lowest BCUT2D eigenvalue weighted by Crippen LogP contribution is -2.22. The summed E-state index contributed by atoms with van der Waals surface area (Å²) in [6, 6.07) is 7.59. The fraction of sp³-hybridized carbons (Fsp3) is 0.273. The van der Waals surface area contributed by atoms with Crippen molar-refractivity contribution in [3.05, 3.63) is 63.4 Å². The van der Waals surface area contributed by atoms with Crippen molar-refractivity contribution < 1.29 is 19.1 Å². The van der Waals surface area contributed by atoms with E-state index in [1.807, 2.05) is 31.2 Å². The van der Waals surface area contributed by atoms with Crippen LogP contribution in [0.25, 0.3) is 0 Å². The maximum atomic E-state index is 12.5. The number of thiazole rings is 1. The smallest absolute Gasteiger partial charge is 0.355 e. The van der Waals surface area contributed by atoms with E-state index in [1.165, 1.54) is 30.1 Å². The van der Waals surface area contributed by atoms with Gasteiger partial charge in [0.2, 0.25) is 5.91 Å². The Kier molecular flexibility index (Phi) is 6.17. The maximum absolute atomic E-state index is 12.5. The van der Waals surface area contributed by atoms with Crippen LogP contribution in [0, 0.1) is 20.8 Å². The third-order valence-electron chi connectivity index (χ3n) is 4.65. The van der Waals surface area contributed by atoms with Crippen LogP contribution in [0.15, 0.2) is 29.6 Å². The molecule has 0 saturated heterocycles. The standard InChI is InChI=1S/C22H23N3O4S/c1-12-7-6-8-18(9-12)25(16(5)27)22-24-17(11-30-22)10-29-21(28)20-13(2)19(15(4)26)14(3)23-20/h6-9,11,23H,10H2,1-5H3. The Labute approximate surface area is 178 Å². The molecule has 3 aromatic rings. The number of aromatic nitrogens is 2. The van der Waals surface area contributed by atoms with Crippen LogP contribution < -0.4 is 4.90 Å². The van der Waals surface area contributed by atoms with Gasteiger partial charge in [-0.15, -0.1) is 11.3 Å². The van der Waals surface area contributed by atoms with E-state index in [0.717, 1.165) is 11.3 Å². The molecule has 1 aromatic carbocycles. The largest absolute Gasteiger partial charge is 0.454 e. The van der Waals surface area contributed by atoms with Gasteiger partial charge in [-0.1, -0.05) is 12.1 Å². The van der Waals surface area contributed by atoms with E-state index in [2.05, 4.69) is 9.97 Å². The van der Waals surface area contributed by atoms with Crippen LogP contribution >= 0.6 is 11.3 Å². The van der Waals surface area contributed by atoms with Crippen molar-refractivity contribution in [1.82, 2.24) is 9.97 Å².